The van der Waals surface area contributed by atoms with E-state index in [-0.39, 0.29) is 17.0 Å². The van der Waals surface area contributed by atoms with Crippen molar-refractivity contribution < 1.29 is 9.53 Å². The molecule has 1 unspecified atom stereocenters. The van der Waals surface area contributed by atoms with Gasteiger partial charge in [0.25, 0.3) is 0 Å². The van der Waals surface area contributed by atoms with Crippen LogP contribution >= 0.6 is 0 Å². The summed E-state index contributed by atoms with van der Waals surface area (Å²) in [4.78, 5) is 12.3. The SMILES string of the molecule is C=C(C)C(=O)OC1(C2CC2)CCCCC12CCCCC2. The third kappa shape index (κ3) is 2.21. The van der Waals surface area contributed by atoms with Crippen LogP contribution in [0.1, 0.15) is 77.6 Å². The molecule has 0 bridgehead atoms. The molecule has 3 rings (SSSR count). The first kappa shape index (κ1) is 14.2. The van der Waals surface area contributed by atoms with Gasteiger partial charge in [-0.3, -0.25) is 0 Å². The Balaban J connectivity index is 1.92. The van der Waals surface area contributed by atoms with Crippen LogP contribution in [0, 0.1) is 11.3 Å². The maximum atomic E-state index is 12.3. The molecule has 0 saturated heterocycles. The topological polar surface area (TPSA) is 26.3 Å². The molecule has 20 heavy (non-hydrogen) atoms. The minimum Gasteiger partial charge on any atom is -0.455 e. The van der Waals surface area contributed by atoms with E-state index in [2.05, 4.69) is 6.58 Å². The molecule has 0 aliphatic heterocycles. The van der Waals surface area contributed by atoms with Crippen LogP contribution in [0.4, 0.5) is 0 Å². The average molecular weight is 276 g/mol. The molecule has 112 valence electrons. The van der Waals surface area contributed by atoms with Crippen molar-refractivity contribution in [3.63, 3.8) is 0 Å². The van der Waals surface area contributed by atoms with Crippen molar-refractivity contribution in [3.8, 4) is 0 Å². The summed E-state index contributed by atoms with van der Waals surface area (Å²) in [6.07, 6.45) is 14.0. The van der Waals surface area contributed by atoms with Gasteiger partial charge in [-0.25, -0.2) is 4.79 Å². The minimum absolute atomic E-state index is 0.149. The van der Waals surface area contributed by atoms with Gasteiger partial charge >= 0.3 is 5.97 Å². The number of esters is 1. The van der Waals surface area contributed by atoms with Gasteiger partial charge in [-0.15, -0.1) is 0 Å². The Morgan fingerprint density at radius 1 is 1.00 bits per heavy atom. The van der Waals surface area contributed by atoms with E-state index < -0.39 is 0 Å². The second-order valence-electron chi connectivity index (χ2n) is 7.38. The maximum Gasteiger partial charge on any atom is 0.333 e. The Morgan fingerprint density at radius 3 is 2.10 bits per heavy atom. The zero-order valence-electron chi connectivity index (χ0n) is 12.9. The second-order valence-corrected chi connectivity index (χ2v) is 7.38. The lowest BCUT2D eigenvalue weighted by atomic mass is 9.55. The summed E-state index contributed by atoms with van der Waals surface area (Å²) in [5, 5.41) is 0. The number of carbonyl (C=O) groups is 1. The molecule has 0 amide bonds. The first-order valence-electron chi connectivity index (χ1n) is 8.49. The molecule has 3 aliphatic rings. The highest BCUT2D eigenvalue weighted by Crippen LogP contribution is 2.63. The first-order valence-corrected chi connectivity index (χ1v) is 8.49. The second kappa shape index (κ2) is 5.20. The van der Waals surface area contributed by atoms with Gasteiger partial charge < -0.3 is 4.74 Å². The zero-order chi connectivity index (χ0) is 14.2. The largest absolute Gasteiger partial charge is 0.455 e. The van der Waals surface area contributed by atoms with Crippen LogP contribution in [0.3, 0.4) is 0 Å². The molecule has 0 aromatic carbocycles. The van der Waals surface area contributed by atoms with Gasteiger partial charge in [0.15, 0.2) is 0 Å². The van der Waals surface area contributed by atoms with Crippen LogP contribution in [-0.2, 0) is 9.53 Å². The molecule has 3 fully saturated rings. The summed E-state index contributed by atoms with van der Waals surface area (Å²) < 4.78 is 6.22. The number of carbonyl (C=O) groups excluding carboxylic acids is 1. The molecule has 0 aromatic rings. The van der Waals surface area contributed by atoms with Crippen LogP contribution < -0.4 is 0 Å². The summed E-state index contributed by atoms with van der Waals surface area (Å²) in [5.74, 6) is 0.480. The molecule has 3 aliphatic carbocycles. The van der Waals surface area contributed by atoms with E-state index >= 15 is 0 Å². The molecule has 2 nitrogen and oxygen atoms in total. The molecule has 3 saturated carbocycles. The first-order chi connectivity index (χ1) is 9.60. The predicted molar refractivity (Wildman–Crippen MR) is 80.3 cm³/mol. The Bertz CT molecular complexity index is 393. The van der Waals surface area contributed by atoms with Crippen LogP contribution in [0.25, 0.3) is 0 Å². The molecule has 0 radical (unpaired) electrons. The standard InChI is InChI=1S/C18H28O2/c1-14(2)16(19)20-18(15-8-9-15)13-7-6-12-17(18)10-4-3-5-11-17/h15H,1,3-13H2,2H3. The van der Waals surface area contributed by atoms with Crippen molar-refractivity contribution >= 4 is 5.97 Å². The highest BCUT2D eigenvalue weighted by Gasteiger charge is 2.61. The van der Waals surface area contributed by atoms with Crippen LogP contribution in [0.5, 0.6) is 0 Å². The molecule has 0 aromatic heterocycles. The Kier molecular flexibility index (Phi) is 3.68. The monoisotopic (exact) mass is 276 g/mol. The van der Waals surface area contributed by atoms with E-state index in [1.54, 1.807) is 6.92 Å². The van der Waals surface area contributed by atoms with Crippen molar-refractivity contribution in [2.45, 2.75) is 83.2 Å². The third-order valence-electron chi connectivity index (χ3n) is 6.02. The van der Waals surface area contributed by atoms with E-state index in [1.165, 1.54) is 64.2 Å². The fraction of sp³-hybridized carbons (Fsp3) is 0.833. The smallest absolute Gasteiger partial charge is 0.333 e. The molecule has 1 spiro atoms. The van der Waals surface area contributed by atoms with Crippen LogP contribution in [0.2, 0.25) is 0 Å². The van der Waals surface area contributed by atoms with Crippen molar-refractivity contribution in [2.75, 3.05) is 0 Å². The number of hydrogen-bond donors (Lipinski definition) is 0. The fourth-order valence-electron chi connectivity index (χ4n) is 4.91. The quantitative estimate of drug-likeness (QED) is 0.548. The minimum atomic E-state index is -0.151. The Labute approximate surface area is 123 Å². The lowest BCUT2D eigenvalue weighted by Gasteiger charge is -2.55. The molecular formula is C18H28O2. The predicted octanol–water partition coefficient (Wildman–Crippen LogP) is 4.78. The normalized spacial score (nSPS) is 32.9. The van der Waals surface area contributed by atoms with Gasteiger partial charge in [-0.1, -0.05) is 32.3 Å². The van der Waals surface area contributed by atoms with Crippen molar-refractivity contribution in [1.82, 2.24) is 0 Å². The zero-order valence-corrected chi connectivity index (χ0v) is 12.9. The van der Waals surface area contributed by atoms with Gasteiger partial charge in [0.2, 0.25) is 0 Å². The van der Waals surface area contributed by atoms with Crippen molar-refractivity contribution in [3.05, 3.63) is 12.2 Å². The average Bonchev–Trinajstić information content (AvgIpc) is 3.27. The summed E-state index contributed by atoms with van der Waals surface area (Å²) in [6.45, 7) is 5.57. The Morgan fingerprint density at radius 2 is 1.55 bits per heavy atom. The summed E-state index contributed by atoms with van der Waals surface area (Å²) in [7, 11) is 0. The van der Waals surface area contributed by atoms with Crippen molar-refractivity contribution in [1.29, 1.82) is 0 Å². The molecule has 2 heteroatoms. The van der Waals surface area contributed by atoms with Crippen LogP contribution in [0.15, 0.2) is 12.2 Å². The fourth-order valence-corrected chi connectivity index (χ4v) is 4.91. The maximum absolute atomic E-state index is 12.3. The van der Waals surface area contributed by atoms with Crippen LogP contribution in [-0.4, -0.2) is 11.6 Å². The molecular weight excluding hydrogens is 248 g/mol. The van der Waals surface area contributed by atoms with Gasteiger partial charge in [0.05, 0.1) is 0 Å². The van der Waals surface area contributed by atoms with E-state index in [4.69, 9.17) is 4.74 Å². The highest BCUT2D eigenvalue weighted by atomic mass is 16.6. The van der Waals surface area contributed by atoms with Gasteiger partial charge in [-0.2, -0.15) is 0 Å². The molecule has 0 N–H and O–H groups in total. The highest BCUT2D eigenvalue weighted by molar-refractivity contribution is 5.87. The number of hydrogen-bond acceptors (Lipinski definition) is 2. The Hall–Kier alpha value is -0.790. The van der Waals surface area contributed by atoms with Gasteiger partial charge in [0.1, 0.15) is 5.60 Å². The lowest BCUT2D eigenvalue weighted by Crippen LogP contribution is -2.56. The lowest BCUT2D eigenvalue weighted by molar-refractivity contribution is -0.195. The molecule has 0 heterocycles. The van der Waals surface area contributed by atoms with Gasteiger partial charge in [-0.05, 0) is 57.8 Å². The summed E-state index contributed by atoms with van der Waals surface area (Å²) in [5.41, 5.74) is 0.693. The van der Waals surface area contributed by atoms with E-state index in [9.17, 15) is 4.79 Å². The van der Waals surface area contributed by atoms with E-state index in [1.807, 2.05) is 0 Å². The molecule has 1 atom stereocenters. The van der Waals surface area contributed by atoms with Gasteiger partial charge in [0, 0.05) is 11.0 Å². The third-order valence-corrected chi connectivity index (χ3v) is 6.02. The van der Waals surface area contributed by atoms with E-state index in [0.717, 1.165) is 6.42 Å². The summed E-state index contributed by atoms with van der Waals surface area (Å²) >= 11 is 0. The number of ether oxygens (including phenoxy) is 1. The van der Waals surface area contributed by atoms with E-state index in [0.29, 0.717) is 11.5 Å². The van der Waals surface area contributed by atoms with Crippen molar-refractivity contribution in [2.24, 2.45) is 11.3 Å². The number of rotatable bonds is 3. The summed E-state index contributed by atoms with van der Waals surface area (Å²) in [6, 6.07) is 0.